The molecule has 5 nitrogen and oxygen atoms in total. The number of imide groups is 1. The van der Waals surface area contributed by atoms with Crippen molar-refractivity contribution in [2.24, 2.45) is 23.7 Å². The molecule has 1 saturated heterocycles. The summed E-state index contributed by atoms with van der Waals surface area (Å²) >= 11 is 0. The number of carbonyl (C=O) groups excluding carboxylic acids is 3. The normalized spacial score (nSPS) is 27.1. The highest BCUT2D eigenvalue weighted by Gasteiger charge is 2.62. The van der Waals surface area contributed by atoms with Crippen molar-refractivity contribution in [3.8, 4) is 5.75 Å². The lowest BCUT2D eigenvalue weighted by Crippen LogP contribution is -2.49. The fourth-order valence-corrected chi connectivity index (χ4v) is 6.06. The molecular weight excluding hydrogens is 414 g/mol. The number of fused-ring (bicyclic) bond motifs is 5. The number of esters is 1. The maximum absolute atomic E-state index is 13.4. The molecular formula is C28H31NO4. The van der Waals surface area contributed by atoms with Gasteiger partial charge in [-0.15, -0.1) is 0 Å². The standard InChI is InChI=1S/C28H31NO4/c1-28(2,3)20-11-13-21(14-12-20)33-27(32)22(15-17-7-5-4-6-8-17)29-25(30)23-18-9-10-19(16-18)24(23)26(29)31/h4-8,11-14,18-19,22-24H,9-10,15-16H2,1-3H3/t18-,19+,22-,23+,24-/m0/s1. The lowest BCUT2D eigenvalue weighted by atomic mass is 9.81. The summed E-state index contributed by atoms with van der Waals surface area (Å²) < 4.78 is 5.73. The van der Waals surface area contributed by atoms with Crippen LogP contribution >= 0.6 is 0 Å². The van der Waals surface area contributed by atoms with Crippen molar-refractivity contribution in [1.82, 2.24) is 4.90 Å². The molecule has 2 aromatic carbocycles. The highest BCUT2D eigenvalue weighted by molar-refractivity contribution is 6.08. The molecule has 3 fully saturated rings. The summed E-state index contributed by atoms with van der Waals surface area (Å²) in [6.07, 6.45) is 3.24. The average molecular weight is 446 g/mol. The Morgan fingerprint density at radius 2 is 1.52 bits per heavy atom. The fourth-order valence-electron chi connectivity index (χ4n) is 6.06. The molecule has 1 heterocycles. The van der Waals surface area contributed by atoms with Crippen molar-refractivity contribution in [3.63, 3.8) is 0 Å². The van der Waals surface area contributed by atoms with Gasteiger partial charge in [0.2, 0.25) is 11.8 Å². The molecule has 5 rings (SSSR count). The molecule has 172 valence electrons. The first-order chi connectivity index (χ1) is 15.7. The Balaban J connectivity index is 1.42. The number of likely N-dealkylation sites (tertiary alicyclic amines) is 1. The van der Waals surface area contributed by atoms with Crippen molar-refractivity contribution in [3.05, 3.63) is 65.7 Å². The van der Waals surface area contributed by atoms with E-state index in [1.165, 1.54) is 4.90 Å². The Bertz CT molecular complexity index is 1040. The van der Waals surface area contributed by atoms with Gasteiger partial charge >= 0.3 is 5.97 Å². The number of ether oxygens (including phenoxy) is 1. The van der Waals surface area contributed by atoms with Gasteiger partial charge in [0.15, 0.2) is 0 Å². The summed E-state index contributed by atoms with van der Waals surface area (Å²) in [4.78, 5) is 41.5. The number of hydrogen-bond donors (Lipinski definition) is 0. The monoisotopic (exact) mass is 445 g/mol. The molecule has 33 heavy (non-hydrogen) atoms. The molecule has 0 spiro atoms. The minimum Gasteiger partial charge on any atom is -0.425 e. The van der Waals surface area contributed by atoms with E-state index in [1.54, 1.807) is 12.1 Å². The Morgan fingerprint density at radius 3 is 2.06 bits per heavy atom. The van der Waals surface area contributed by atoms with E-state index in [9.17, 15) is 14.4 Å². The summed E-state index contributed by atoms with van der Waals surface area (Å²) in [7, 11) is 0. The summed E-state index contributed by atoms with van der Waals surface area (Å²) in [5.74, 6) is -0.459. The molecule has 0 aromatic heterocycles. The molecule has 2 bridgehead atoms. The number of hydrogen-bond acceptors (Lipinski definition) is 4. The summed E-state index contributed by atoms with van der Waals surface area (Å²) in [6, 6.07) is 16.0. The predicted molar refractivity (Wildman–Crippen MR) is 124 cm³/mol. The number of rotatable bonds is 5. The van der Waals surface area contributed by atoms with Crippen molar-refractivity contribution < 1.29 is 19.1 Å². The predicted octanol–water partition coefficient (Wildman–Crippen LogP) is 4.53. The van der Waals surface area contributed by atoms with E-state index in [0.717, 1.165) is 30.4 Å². The highest BCUT2D eigenvalue weighted by atomic mass is 16.5. The Hall–Kier alpha value is -2.95. The van der Waals surface area contributed by atoms with Crippen LogP contribution in [0.25, 0.3) is 0 Å². The van der Waals surface area contributed by atoms with Crippen LogP contribution in [0.3, 0.4) is 0 Å². The highest BCUT2D eigenvalue weighted by Crippen LogP contribution is 2.56. The van der Waals surface area contributed by atoms with E-state index in [0.29, 0.717) is 5.75 Å². The van der Waals surface area contributed by atoms with Crippen LogP contribution in [-0.2, 0) is 26.2 Å². The smallest absolute Gasteiger partial charge is 0.335 e. The van der Waals surface area contributed by atoms with Crippen LogP contribution in [0.5, 0.6) is 5.75 Å². The van der Waals surface area contributed by atoms with E-state index in [-0.39, 0.29) is 47.3 Å². The van der Waals surface area contributed by atoms with Gasteiger partial charge in [0.05, 0.1) is 11.8 Å². The number of nitrogens with zero attached hydrogens (tertiary/aromatic N) is 1. The quantitative estimate of drug-likeness (QED) is 0.385. The zero-order chi connectivity index (χ0) is 23.3. The van der Waals surface area contributed by atoms with Crippen molar-refractivity contribution in [2.45, 2.75) is 57.9 Å². The van der Waals surface area contributed by atoms with Crippen LogP contribution in [0.2, 0.25) is 0 Å². The topological polar surface area (TPSA) is 63.7 Å². The number of benzene rings is 2. The van der Waals surface area contributed by atoms with Crippen LogP contribution in [-0.4, -0.2) is 28.7 Å². The lowest BCUT2D eigenvalue weighted by Gasteiger charge is -2.26. The van der Waals surface area contributed by atoms with Crippen LogP contribution in [0.1, 0.15) is 51.2 Å². The van der Waals surface area contributed by atoms with Crippen LogP contribution < -0.4 is 4.74 Å². The van der Waals surface area contributed by atoms with Crippen molar-refractivity contribution in [2.75, 3.05) is 0 Å². The van der Waals surface area contributed by atoms with E-state index >= 15 is 0 Å². The van der Waals surface area contributed by atoms with Gasteiger partial charge in [-0.05, 0) is 59.8 Å². The maximum Gasteiger partial charge on any atom is 0.335 e. The van der Waals surface area contributed by atoms with Crippen molar-refractivity contribution in [1.29, 1.82) is 0 Å². The van der Waals surface area contributed by atoms with Gasteiger partial charge in [-0.1, -0.05) is 63.2 Å². The molecule has 3 aliphatic rings. The number of carbonyl (C=O) groups is 3. The van der Waals surface area contributed by atoms with Gasteiger partial charge in [0.25, 0.3) is 0 Å². The van der Waals surface area contributed by atoms with Gasteiger partial charge in [0.1, 0.15) is 11.8 Å². The third kappa shape index (κ3) is 3.88. The molecule has 2 aliphatic carbocycles. The van der Waals surface area contributed by atoms with Crippen LogP contribution in [0.15, 0.2) is 54.6 Å². The minimum atomic E-state index is -0.959. The largest absolute Gasteiger partial charge is 0.425 e. The Kier molecular flexibility index (Phi) is 5.38. The second kappa shape index (κ2) is 8.12. The Morgan fingerprint density at radius 1 is 0.939 bits per heavy atom. The van der Waals surface area contributed by atoms with E-state index in [4.69, 9.17) is 4.74 Å². The van der Waals surface area contributed by atoms with Gasteiger partial charge < -0.3 is 4.74 Å². The van der Waals surface area contributed by atoms with Gasteiger partial charge in [-0.2, -0.15) is 0 Å². The zero-order valence-electron chi connectivity index (χ0n) is 19.5. The van der Waals surface area contributed by atoms with Gasteiger partial charge in [0, 0.05) is 6.42 Å². The minimum absolute atomic E-state index is 0.0100. The first-order valence-electron chi connectivity index (χ1n) is 12.0. The molecule has 5 heteroatoms. The summed E-state index contributed by atoms with van der Waals surface area (Å²) in [5, 5.41) is 0. The van der Waals surface area contributed by atoms with E-state index in [1.807, 2.05) is 42.5 Å². The lowest BCUT2D eigenvalue weighted by molar-refractivity contribution is -0.154. The molecule has 5 atom stereocenters. The second-order valence-electron chi connectivity index (χ2n) is 10.8. The molecule has 2 aromatic rings. The van der Waals surface area contributed by atoms with Gasteiger partial charge in [-0.25, -0.2) is 4.79 Å². The van der Waals surface area contributed by atoms with E-state index in [2.05, 4.69) is 20.8 Å². The molecule has 1 aliphatic heterocycles. The molecule has 0 N–H and O–H groups in total. The second-order valence-corrected chi connectivity index (χ2v) is 10.8. The Labute approximate surface area is 195 Å². The number of amides is 2. The van der Waals surface area contributed by atoms with Crippen LogP contribution in [0, 0.1) is 23.7 Å². The zero-order valence-corrected chi connectivity index (χ0v) is 19.5. The van der Waals surface area contributed by atoms with E-state index < -0.39 is 12.0 Å². The fraction of sp³-hybridized carbons (Fsp3) is 0.464. The maximum atomic E-state index is 13.4. The average Bonchev–Trinajstić information content (AvgIpc) is 3.47. The molecule has 2 saturated carbocycles. The molecule has 0 radical (unpaired) electrons. The van der Waals surface area contributed by atoms with Crippen LogP contribution in [0.4, 0.5) is 0 Å². The van der Waals surface area contributed by atoms with Crippen molar-refractivity contribution >= 4 is 17.8 Å². The first-order valence-corrected chi connectivity index (χ1v) is 12.0. The molecule has 2 amide bonds. The summed E-state index contributed by atoms with van der Waals surface area (Å²) in [6.45, 7) is 6.37. The first kappa shape index (κ1) is 21.9. The SMILES string of the molecule is CC(C)(C)c1ccc(OC(=O)[C@H](Cc2ccccc2)N2C(=O)[C@@H]3[C@H]4CC[C@H](C4)[C@@H]3C2=O)cc1. The molecule has 0 unspecified atom stereocenters. The summed E-state index contributed by atoms with van der Waals surface area (Å²) in [5.41, 5.74) is 2.02. The third-order valence-electron chi connectivity index (χ3n) is 7.76. The third-order valence-corrected chi connectivity index (χ3v) is 7.76. The van der Waals surface area contributed by atoms with Gasteiger partial charge in [-0.3, -0.25) is 14.5 Å².